The van der Waals surface area contributed by atoms with Gasteiger partial charge in [0.2, 0.25) is 5.82 Å². The molecule has 1 fully saturated rings. The first-order valence-electron chi connectivity index (χ1n) is 8.16. The molecule has 1 aromatic carbocycles. The molecule has 3 heterocycles. The van der Waals surface area contributed by atoms with Crippen molar-refractivity contribution in [3.63, 3.8) is 0 Å². The number of fused-ring (bicyclic) bond motifs is 1. The third kappa shape index (κ3) is 3.18. The summed E-state index contributed by atoms with van der Waals surface area (Å²) in [7, 11) is 0. The van der Waals surface area contributed by atoms with Gasteiger partial charge in [-0.25, -0.2) is 4.68 Å². The van der Waals surface area contributed by atoms with Crippen molar-refractivity contribution in [2.75, 3.05) is 11.9 Å². The van der Waals surface area contributed by atoms with Gasteiger partial charge >= 0.3 is 0 Å². The van der Waals surface area contributed by atoms with Crippen molar-refractivity contribution >= 4 is 38.1 Å². The van der Waals surface area contributed by atoms with E-state index in [1.807, 2.05) is 29.0 Å². The van der Waals surface area contributed by atoms with Gasteiger partial charge in [-0.05, 0) is 58.6 Å². The summed E-state index contributed by atoms with van der Waals surface area (Å²) < 4.78 is 8.53. The Balaban J connectivity index is 1.62. The molecule has 132 valence electrons. The summed E-state index contributed by atoms with van der Waals surface area (Å²) in [5.74, 6) is 0.240. The van der Waals surface area contributed by atoms with Crippen molar-refractivity contribution in [1.82, 2.24) is 30.4 Å². The average Bonchev–Trinajstić information content (AvgIpc) is 3.32. The number of benzene rings is 1. The lowest BCUT2D eigenvalue weighted by Crippen LogP contribution is -2.19. The number of ether oxygens (including phenoxy) is 1. The second kappa shape index (κ2) is 7.23. The van der Waals surface area contributed by atoms with Gasteiger partial charge in [-0.1, -0.05) is 0 Å². The highest BCUT2D eigenvalue weighted by molar-refractivity contribution is 9.10. The van der Waals surface area contributed by atoms with Gasteiger partial charge in [0.05, 0.1) is 5.52 Å². The average molecular weight is 415 g/mol. The minimum Gasteiger partial charge on any atom is -0.360 e. The number of nitriles is 1. The Morgan fingerprint density at radius 2 is 2.38 bits per heavy atom. The predicted molar refractivity (Wildman–Crippen MR) is 97.7 cm³/mol. The SMILES string of the molecule is N#CC(=CNc1ccc2c(c1)c(Br)nn2C1CCCCO1)c1nn[nH]n1. The zero-order valence-corrected chi connectivity index (χ0v) is 15.3. The minimum atomic E-state index is -0.0281. The molecule has 4 rings (SSSR count). The summed E-state index contributed by atoms with van der Waals surface area (Å²) in [5.41, 5.74) is 2.10. The summed E-state index contributed by atoms with van der Waals surface area (Å²) in [6.07, 6.45) is 4.72. The van der Waals surface area contributed by atoms with Crippen molar-refractivity contribution in [1.29, 1.82) is 5.26 Å². The first kappa shape index (κ1) is 16.7. The number of hydrogen-bond acceptors (Lipinski definition) is 7. The number of halogens is 1. The van der Waals surface area contributed by atoms with Crippen LogP contribution in [0.3, 0.4) is 0 Å². The van der Waals surface area contributed by atoms with E-state index in [0.29, 0.717) is 0 Å². The van der Waals surface area contributed by atoms with Crippen LogP contribution in [0.5, 0.6) is 0 Å². The molecule has 0 bridgehead atoms. The fourth-order valence-corrected chi connectivity index (χ4v) is 3.40. The standard InChI is InChI=1S/C16H15BrN8O/c17-15-12-7-11(19-9-10(8-18)16-20-23-24-21-16)4-5-13(12)25(22-15)14-3-1-2-6-26-14/h4-5,7,9,14,19H,1-3,6H2,(H,20,21,23,24). The molecule has 1 aliphatic heterocycles. The molecule has 26 heavy (non-hydrogen) atoms. The van der Waals surface area contributed by atoms with E-state index >= 15 is 0 Å². The lowest BCUT2D eigenvalue weighted by molar-refractivity contribution is -0.0368. The molecule has 1 aliphatic rings. The summed E-state index contributed by atoms with van der Waals surface area (Å²) in [6, 6.07) is 7.92. The van der Waals surface area contributed by atoms with Crippen molar-refractivity contribution in [3.05, 3.63) is 34.8 Å². The first-order chi connectivity index (χ1) is 12.8. The van der Waals surface area contributed by atoms with Gasteiger partial charge < -0.3 is 10.1 Å². The third-order valence-electron chi connectivity index (χ3n) is 4.18. The molecular weight excluding hydrogens is 400 g/mol. The van der Waals surface area contributed by atoms with E-state index in [9.17, 15) is 5.26 Å². The minimum absolute atomic E-state index is 0.0281. The maximum absolute atomic E-state index is 9.22. The highest BCUT2D eigenvalue weighted by Crippen LogP contribution is 2.32. The number of aromatic amines is 1. The number of hydrogen-bond donors (Lipinski definition) is 2. The van der Waals surface area contributed by atoms with Gasteiger partial charge in [0, 0.05) is 23.9 Å². The Morgan fingerprint density at radius 1 is 1.46 bits per heavy atom. The third-order valence-corrected chi connectivity index (χ3v) is 4.77. The van der Waals surface area contributed by atoms with E-state index < -0.39 is 0 Å². The molecule has 9 nitrogen and oxygen atoms in total. The van der Waals surface area contributed by atoms with Gasteiger partial charge in [0.1, 0.15) is 16.2 Å². The number of H-pyrrole nitrogens is 1. The largest absolute Gasteiger partial charge is 0.360 e. The maximum Gasteiger partial charge on any atom is 0.216 e. The van der Waals surface area contributed by atoms with Gasteiger partial charge in [0.15, 0.2) is 6.23 Å². The normalized spacial score (nSPS) is 18.0. The molecule has 0 spiro atoms. The Hall–Kier alpha value is -2.77. The fourth-order valence-electron chi connectivity index (χ4n) is 2.91. The Kier molecular flexibility index (Phi) is 4.64. The van der Waals surface area contributed by atoms with Crippen LogP contribution in [0, 0.1) is 11.3 Å². The molecule has 1 atom stereocenters. The van der Waals surface area contributed by atoms with E-state index in [1.165, 1.54) is 0 Å². The topological polar surface area (TPSA) is 117 Å². The van der Waals surface area contributed by atoms with Crippen LogP contribution in [-0.2, 0) is 4.74 Å². The lowest BCUT2D eigenvalue weighted by Gasteiger charge is -2.23. The molecule has 0 aliphatic carbocycles. The molecular formula is C16H15BrN8O. The molecule has 0 amide bonds. The van der Waals surface area contributed by atoms with E-state index in [0.717, 1.165) is 47.1 Å². The van der Waals surface area contributed by atoms with E-state index in [-0.39, 0.29) is 17.6 Å². The molecule has 2 aromatic heterocycles. The Bertz CT molecular complexity index is 982. The van der Waals surface area contributed by atoms with Crippen molar-refractivity contribution in [2.45, 2.75) is 25.5 Å². The molecule has 1 unspecified atom stereocenters. The lowest BCUT2D eigenvalue weighted by atomic mass is 10.2. The zero-order chi connectivity index (χ0) is 17.9. The summed E-state index contributed by atoms with van der Waals surface area (Å²) in [5, 5.41) is 31.3. The molecule has 3 aromatic rings. The van der Waals surface area contributed by atoms with Crippen LogP contribution in [0.25, 0.3) is 16.5 Å². The van der Waals surface area contributed by atoms with E-state index in [2.05, 4.69) is 47.0 Å². The summed E-state index contributed by atoms with van der Waals surface area (Å²) >= 11 is 3.53. The van der Waals surface area contributed by atoms with Crippen LogP contribution in [-0.4, -0.2) is 37.0 Å². The Labute approximate surface area is 157 Å². The molecule has 0 saturated carbocycles. The van der Waals surface area contributed by atoms with E-state index in [1.54, 1.807) is 6.20 Å². The summed E-state index contributed by atoms with van der Waals surface area (Å²) in [6.45, 7) is 0.765. The summed E-state index contributed by atoms with van der Waals surface area (Å²) in [4.78, 5) is 0. The molecule has 10 heteroatoms. The number of nitrogens with one attached hydrogen (secondary N) is 2. The number of nitrogens with zero attached hydrogens (tertiary/aromatic N) is 6. The number of tetrazole rings is 1. The second-order valence-electron chi connectivity index (χ2n) is 5.84. The number of allylic oxidation sites excluding steroid dienone is 1. The zero-order valence-electron chi connectivity index (χ0n) is 13.7. The van der Waals surface area contributed by atoms with Gasteiger partial charge in [-0.3, -0.25) is 0 Å². The maximum atomic E-state index is 9.22. The quantitative estimate of drug-likeness (QED) is 0.629. The van der Waals surface area contributed by atoms with Crippen molar-refractivity contribution in [2.24, 2.45) is 0 Å². The predicted octanol–water partition coefficient (Wildman–Crippen LogP) is 2.99. The highest BCUT2D eigenvalue weighted by Gasteiger charge is 2.20. The van der Waals surface area contributed by atoms with Crippen molar-refractivity contribution < 1.29 is 4.74 Å². The second-order valence-corrected chi connectivity index (χ2v) is 6.59. The van der Waals surface area contributed by atoms with Gasteiger partial charge in [-0.2, -0.15) is 15.6 Å². The van der Waals surface area contributed by atoms with Crippen molar-refractivity contribution in [3.8, 4) is 6.07 Å². The number of anilines is 1. The monoisotopic (exact) mass is 414 g/mol. The van der Waals surface area contributed by atoms with Crippen LogP contribution in [0.1, 0.15) is 31.3 Å². The highest BCUT2D eigenvalue weighted by atomic mass is 79.9. The molecule has 1 saturated heterocycles. The molecule has 0 radical (unpaired) electrons. The number of aromatic nitrogens is 6. The fraction of sp³-hybridized carbons (Fsp3) is 0.312. The van der Waals surface area contributed by atoms with E-state index in [4.69, 9.17) is 4.74 Å². The van der Waals surface area contributed by atoms with Gasteiger partial charge in [-0.15, -0.1) is 10.2 Å². The molecule has 2 N–H and O–H groups in total. The van der Waals surface area contributed by atoms with Crippen LogP contribution in [0.4, 0.5) is 5.69 Å². The van der Waals surface area contributed by atoms with Gasteiger partial charge in [0.25, 0.3) is 0 Å². The van der Waals surface area contributed by atoms with Crippen LogP contribution in [0.15, 0.2) is 29.0 Å². The van der Waals surface area contributed by atoms with Crippen LogP contribution in [0.2, 0.25) is 0 Å². The number of rotatable bonds is 4. The first-order valence-corrected chi connectivity index (χ1v) is 8.95. The van der Waals surface area contributed by atoms with Crippen LogP contribution < -0.4 is 5.32 Å². The smallest absolute Gasteiger partial charge is 0.216 e. The Morgan fingerprint density at radius 3 is 3.12 bits per heavy atom. The van der Waals surface area contributed by atoms with Crippen LogP contribution >= 0.6 is 15.9 Å².